The predicted molar refractivity (Wildman–Crippen MR) is 85.6 cm³/mol. The van der Waals surface area contributed by atoms with E-state index < -0.39 is 0 Å². The van der Waals surface area contributed by atoms with Gasteiger partial charge in [0, 0.05) is 14.7 Å². The van der Waals surface area contributed by atoms with Crippen LogP contribution in [0, 0.1) is 3.57 Å². The summed E-state index contributed by atoms with van der Waals surface area (Å²) in [6.45, 7) is 0. The number of ether oxygens (including phenoxy) is 1. The molecule has 0 aliphatic rings. The van der Waals surface area contributed by atoms with Crippen LogP contribution in [-0.2, 0) is 0 Å². The van der Waals surface area contributed by atoms with Crippen molar-refractivity contribution in [1.82, 2.24) is 0 Å². The van der Waals surface area contributed by atoms with E-state index >= 15 is 0 Å². The number of hydrogen-bond acceptors (Lipinski definition) is 2. The topological polar surface area (TPSA) is 26.3 Å². The second kappa shape index (κ2) is 6.11. The van der Waals surface area contributed by atoms with Gasteiger partial charge >= 0.3 is 0 Å². The Morgan fingerprint density at radius 3 is 2.32 bits per heavy atom. The van der Waals surface area contributed by atoms with E-state index in [-0.39, 0.29) is 5.78 Å². The van der Waals surface area contributed by atoms with Gasteiger partial charge in [0.25, 0.3) is 0 Å². The van der Waals surface area contributed by atoms with Crippen LogP contribution in [0.2, 0.25) is 10.0 Å². The summed E-state index contributed by atoms with van der Waals surface area (Å²) >= 11 is 14.1. The van der Waals surface area contributed by atoms with Gasteiger partial charge in [0.15, 0.2) is 5.78 Å². The first-order valence-corrected chi connectivity index (χ1v) is 7.19. The number of benzene rings is 2. The molecule has 19 heavy (non-hydrogen) atoms. The minimum absolute atomic E-state index is 0.117. The second-order valence-corrected chi connectivity index (χ2v) is 5.78. The SMILES string of the molecule is COc1cc(C(=O)c2ccc(I)c(Cl)c2)ccc1Cl. The van der Waals surface area contributed by atoms with E-state index in [0.29, 0.717) is 26.9 Å². The van der Waals surface area contributed by atoms with E-state index in [1.807, 2.05) is 6.07 Å². The summed E-state index contributed by atoms with van der Waals surface area (Å²) in [5.74, 6) is 0.359. The molecule has 0 heterocycles. The molecule has 0 aromatic heterocycles. The minimum Gasteiger partial charge on any atom is -0.495 e. The molecular weight excluding hydrogens is 398 g/mol. The molecule has 0 aliphatic carbocycles. The van der Waals surface area contributed by atoms with Crippen molar-refractivity contribution in [2.24, 2.45) is 0 Å². The Labute approximate surface area is 134 Å². The highest BCUT2D eigenvalue weighted by Crippen LogP contribution is 2.27. The number of hydrogen-bond donors (Lipinski definition) is 0. The van der Waals surface area contributed by atoms with E-state index in [4.69, 9.17) is 27.9 Å². The van der Waals surface area contributed by atoms with Gasteiger partial charge in [-0.3, -0.25) is 4.79 Å². The van der Waals surface area contributed by atoms with Crippen molar-refractivity contribution in [3.05, 3.63) is 61.1 Å². The zero-order valence-corrected chi connectivity index (χ0v) is 13.6. The molecule has 0 atom stereocenters. The maximum Gasteiger partial charge on any atom is 0.193 e. The Kier molecular flexibility index (Phi) is 4.71. The van der Waals surface area contributed by atoms with Gasteiger partial charge in [-0.2, -0.15) is 0 Å². The summed E-state index contributed by atoms with van der Waals surface area (Å²) in [6.07, 6.45) is 0. The number of rotatable bonds is 3. The van der Waals surface area contributed by atoms with Crippen molar-refractivity contribution in [3.8, 4) is 5.75 Å². The van der Waals surface area contributed by atoms with Gasteiger partial charge in [-0.25, -0.2) is 0 Å². The summed E-state index contributed by atoms with van der Waals surface area (Å²) in [7, 11) is 1.51. The molecule has 2 aromatic carbocycles. The van der Waals surface area contributed by atoms with Crippen LogP contribution in [0.1, 0.15) is 15.9 Å². The quantitative estimate of drug-likeness (QED) is 0.538. The molecule has 0 bridgehead atoms. The molecule has 2 nitrogen and oxygen atoms in total. The summed E-state index contributed by atoms with van der Waals surface area (Å²) in [5.41, 5.74) is 1.05. The number of carbonyl (C=O) groups excluding carboxylic acids is 1. The highest BCUT2D eigenvalue weighted by molar-refractivity contribution is 14.1. The van der Waals surface area contributed by atoms with Gasteiger partial charge in [-0.1, -0.05) is 23.2 Å². The Balaban J connectivity index is 2.41. The molecule has 0 saturated carbocycles. The van der Waals surface area contributed by atoms with Gasteiger partial charge in [0.1, 0.15) is 5.75 Å². The summed E-state index contributed by atoms with van der Waals surface area (Å²) in [4.78, 5) is 12.3. The van der Waals surface area contributed by atoms with Crippen molar-refractivity contribution >= 4 is 51.6 Å². The van der Waals surface area contributed by atoms with Crippen LogP contribution in [0.15, 0.2) is 36.4 Å². The third kappa shape index (κ3) is 3.22. The summed E-state index contributed by atoms with van der Waals surface area (Å²) < 4.78 is 6.01. The maximum absolute atomic E-state index is 12.3. The molecule has 2 rings (SSSR count). The average Bonchev–Trinajstić information content (AvgIpc) is 2.41. The van der Waals surface area contributed by atoms with Crippen molar-refractivity contribution in [2.75, 3.05) is 7.11 Å². The number of carbonyl (C=O) groups is 1. The van der Waals surface area contributed by atoms with Crippen LogP contribution in [-0.4, -0.2) is 12.9 Å². The van der Waals surface area contributed by atoms with Crippen LogP contribution in [0.5, 0.6) is 5.75 Å². The van der Waals surface area contributed by atoms with E-state index in [2.05, 4.69) is 22.6 Å². The van der Waals surface area contributed by atoms with Gasteiger partial charge in [-0.15, -0.1) is 0 Å². The van der Waals surface area contributed by atoms with Crippen molar-refractivity contribution < 1.29 is 9.53 Å². The normalized spacial score (nSPS) is 10.3. The molecule has 0 aliphatic heterocycles. The third-order valence-corrected chi connectivity index (χ3v) is 4.48. The lowest BCUT2D eigenvalue weighted by atomic mass is 10.0. The lowest BCUT2D eigenvalue weighted by molar-refractivity contribution is 0.103. The maximum atomic E-state index is 12.3. The highest BCUT2D eigenvalue weighted by Gasteiger charge is 2.13. The van der Waals surface area contributed by atoms with Crippen molar-refractivity contribution in [2.45, 2.75) is 0 Å². The molecule has 98 valence electrons. The molecule has 0 spiro atoms. The summed E-state index contributed by atoms with van der Waals surface area (Å²) in [6, 6.07) is 10.1. The molecule has 0 saturated heterocycles. The Hall–Kier alpha value is -0.780. The first kappa shape index (κ1) is 14.6. The number of methoxy groups -OCH3 is 1. The Bertz CT molecular complexity index is 641. The van der Waals surface area contributed by atoms with Crippen molar-refractivity contribution in [3.63, 3.8) is 0 Å². The van der Waals surface area contributed by atoms with Crippen LogP contribution in [0.4, 0.5) is 0 Å². The highest BCUT2D eigenvalue weighted by atomic mass is 127. The largest absolute Gasteiger partial charge is 0.495 e. The van der Waals surface area contributed by atoms with Gasteiger partial charge in [-0.05, 0) is 59.0 Å². The molecule has 2 aromatic rings. The van der Waals surface area contributed by atoms with Crippen molar-refractivity contribution in [1.29, 1.82) is 0 Å². The smallest absolute Gasteiger partial charge is 0.193 e. The lowest BCUT2D eigenvalue weighted by Crippen LogP contribution is -2.02. The Morgan fingerprint density at radius 2 is 1.68 bits per heavy atom. The van der Waals surface area contributed by atoms with E-state index in [1.54, 1.807) is 30.3 Å². The molecule has 0 N–H and O–H groups in total. The lowest BCUT2D eigenvalue weighted by Gasteiger charge is -2.07. The number of halogens is 3. The first-order valence-electron chi connectivity index (χ1n) is 5.36. The fourth-order valence-corrected chi connectivity index (χ4v) is 2.32. The first-order chi connectivity index (χ1) is 9.02. The second-order valence-electron chi connectivity index (χ2n) is 3.81. The monoisotopic (exact) mass is 406 g/mol. The van der Waals surface area contributed by atoms with Gasteiger partial charge in [0.2, 0.25) is 0 Å². The van der Waals surface area contributed by atoms with E-state index in [0.717, 1.165) is 3.57 Å². The molecule has 0 fully saturated rings. The third-order valence-electron chi connectivity index (χ3n) is 2.60. The summed E-state index contributed by atoms with van der Waals surface area (Å²) in [5, 5.41) is 1.03. The zero-order valence-electron chi connectivity index (χ0n) is 9.91. The molecule has 5 heteroatoms. The van der Waals surface area contributed by atoms with Crippen LogP contribution in [0.3, 0.4) is 0 Å². The fraction of sp³-hybridized carbons (Fsp3) is 0.0714. The minimum atomic E-state index is -0.117. The molecular formula is C14H9Cl2IO2. The fourth-order valence-electron chi connectivity index (χ4n) is 1.61. The Morgan fingerprint density at radius 1 is 1.05 bits per heavy atom. The molecule has 0 radical (unpaired) electrons. The van der Waals surface area contributed by atoms with Gasteiger partial charge < -0.3 is 4.74 Å². The standard InChI is InChI=1S/C14H9Cl2IO2/c1-19-13-7-9(2-4-10(13)15)14(18)8-3-5-12(17)11(16)6-8/h2-7H,1H3. The van der Waals surface area contributed by atoms with Crippen LogP contribution in [0.25, 0.3) is 0 Å². The molecule has 0 unspecified atom stereocenters. The number of ketones is 1. The van der Waals surface area contributed by atoms with Crippen LogP contribution >= 0.6 is 45.8 Å². The van der Waals surface area contributed by atoms with Gasteiger partial charge in [0.05, 0.1) is 17.2 Å². The van der Waals surface area contributed by atoms with E-state index in [1.165, 1.54) is 7.11 Å². The zero-order chi connectivity index (χ0) is 14.0. The predicted octanol–water partition coefficient (Wildman–Crippen LogP) is 4.84. The van der Waals surface area contributed by atoms with Crippen LogP contribution < -0.4 is 4.74 Å². The van der Waals surface area contributed by atoms with E-state index in [9.17, 15) is 4.79 Å². The molecule has 0 amide bonds. The average molecular weight is 407 g/mol.